The van der Waals surface area contributed by atoms with Gasteiger partial charge in [-0.3, -0.25) is 4.79 Å². The molecular formula is C33H38O7. The fraction of sp³-hybridized carbons (Fsp3) is 0.364. The molecule has 0 bridgehead atoms. The number of esters is 1. The van der Waals surface area contributed by atoms with Gasteiger partial charge in [-0.2, -0.15) is 0 Å². The summed E-state index contributed by atoms with van der Waals surface area (Å²) in [5.74, 6) is -0.449. The Kier molecular flexibility index (Phi) is 11.5. The van der Waals surface area contributed by atoms with Crippen molar-refractivity contribution in [1.29, 1.82) is 0 Å². The monoisotopic (exact) mass is 546 g/mol. The van der Waals surface area contributed by atoms with Crippen molar-refractivity contribution in [3.8, 4) is 0 Å². The molecule has 212 valence electrons. The zero-order chi connectivity index (χ0) is 28.2. The Labute approximate surface area is 236 Å². The molecule has 1 unspecified atom stereocenters. The Bertz CT molecular complexity index is 1160. The molecule has 40 heavy (non-hydrogen) atoms. The molecule has 0 saturated carbocycles. The molecule has 1 aliphatic heterocycles. The van der Waals surface area contributed by atoms with Crippen LogP contribution in [0.25, 0.3) is 0 Å². The maximum absolute atomic E-state index is 12.3. The molecule has 1 aliphatic rings. The molecule has 4 rings (SSSR count). The van der Waals surface area contributed by atoms with Gasteiger partial charge in [0.1, 0.15) is 18.3 Å². The zero-order valence-electron chi connectivity index (χ0n) is 23.1. The third-order valence-electron chi connectivity index (χ3n) is 6.54. The number of hydrogen-bond acceptors (Lipinski definition) is 7. The highest BCUT2D eigenvalue weighted by Gasteiger charge is 2.50. The van der Waals surface area contributed by atoms with Crippen molar-refractivity contribution in [2.45, 2.75) is 70.5 Å². The van der Waals surface area contributed by atoms with Crippen LogP contribution in [0, 0.1) is 0 Å². The van der Waals surface area contributed by atoms with Crippen LogP contribution in [-0.2, 0) is 53.0 Å². The average molecular weight is 547 g/mol. The number of rotatable bonds is 14. The molecule has 7 heteroatoms. The maximum atomic E-state index is 12.3. The highest BCUT2D eigenvalue weighted by atomic mass is 16.7. The van der Waals surface area contributed by atoms with Crippen molar-refractivity contribution in [3.63, 3.8) is 0 Å². The van der Waals surface area contributed by atoms with Gasteiger partial charge in [-0.25, -0.2) is 0 Å². The molecule has 0 aromatic heterocycles. The normalized spacial score (nSPS) is 23.3. The van der Waals surface area contributed by atoms with Gasteiger partial charge in [0, 0.05) is 6.92 Å². The van der Waals surface area contributed by atoms with E-state index in [9.17, 15) is 4.79 Å². The third kappa shape index (κ3) is 8.84. The van der Waals surface area contributed by atoms with Gasteiger partial charge in [0.05, 0.1) is 32.5 Å². The minimum Gasteiger partial charge on any atom is -0.457 e. The first-order valence-corrected chi connectivity index (χ1v) is 13.6. The lowest BCUT2D eigenvalue weighted by atomic mass is 9.97. The van der Waals surface area contributed by atoms with E-state index in [4.69, 9.17) is 28.4 Å². The van der Waals surface area contributed by atoms with Crippen molar-refractivity contribution in [1.82, 2.24) is 0 Å². The van der Waals surface area contributed by atoms with Crippen molar-refractivity contribution in [2.24, 2.45) is 0 Å². The summed E-state index contributed by atoms with van der Waals surface area (Å²) < 4.78 is 37.4. The summed E-state index contributed by atoms with van der Waals surface area (Å²) in [6.45, 7) is 8.22. The molecule has 0 amide bonds. The second-order valence-corrected chi connectivity index (χ2v) is 9.72. The topological polar surface area (TPSA) is 72.5 Å². The van der Waals surface area contributed by atoms with E-state index in [1.54, 1.807) is 6.08 Å². The van der Waals surface area contributed by atoms with Crippen LogP contribution in [0.4, 0.5) is 0 Å². The Morgan fingerprint density at radius 2 is 1.30 bits per heavy atom. The smallest absolute Gasteiger partial charge is 0.303 e. The van der Waals surface area contributed by atoms with Crippen molar-refractivity contribution in [2.75, 3.05) is 6.61 Å². The van der Waals surface area contributed by atoms with E-state index in [0.29, 0.717) is 13.2 Å². The second-order valence-electron chi connectivity index (χ2n) is 9.72. The van der Waals surface area contributed by atoms with E-state index in [0.717, 1.165) is 16.7 Å². The van der Waals surface area contributed by atoms with Crippen LogP contribution in [0.15, 0.2) is 104 Å². The van der Waals surface area contributed by atoms with Crippen molar-refractivity contribution < 1.29 is 33.2 Å². The summed E-state index contributed by atoms with van der Waals surface area (Å²) in [7, 11) is 0. The predicted molar refractivity (Wildman–Crippen MR) is 151 cm³/mol. The Morgan fingerprint density at radius 1 is 0.800 bits per heavy atom. The molecule has 0 radical (unpaired) electrons. The molecule has 1 heterocycles. The molecule has 0 aliphatic carbocycles. The average Bonchev–Trinajstić information content (AvgIpc) is 2.98. The number of ether oxygens (including phenoxy) is 6. The molecule has 1 fully saturated rings. The molecule has 0 N–H and O–H groups in total. The van der Waals surface area contributed by atoms with Crippen molar-refractivity contribution in [3.05, 3.63) is 120 Å². The van der Waals surface area contributed by atoms with Crippen LogP contribution in [0.2, 0.25) is 0 Å². The van der Waals surface area contributed by atoms with E-state index in [1.807, 2.05) is 97.9 Å². The summed E-state index contributed by atoms with van der Waals surface area (Å²) in [4.78, 5) is 12.3. The molecule has 0 spiro atoms. The molecule has 3 aromatic rings. The predicted octanol–water partition coefficient (Wildman–Crippen LogP) is 5.62. The standard InChI is InChI=1S/C33H38O7/c1-4-24(2)38-33-32(37-22-28-18-12-7-13-19-28)31(36-21-27-16-10-6-11-17-27)30(39-25(3)34)29(40-33)23-35-20-26-14-8-5-9-15-26/h4-19,24,29-33H,1,20-23H2,2-3H3/t24?,29-,30+,31+,32-,33-/m1/s1. The number of carbonyl (C=O) groups is 1. The van der Waals surface area contributed by atoms with Gasteiger partial charge in [0.25, 0.3) is 0 Å². The maximum Gasteiger partial charge on any atom is 0.303 e. The van der Waals surface area contributed by atoms with Crippen LogP contribution >= 0.6 is 0 Å². The SMILES string of the molecule is C=CC(C)O[C@@H]1O[C@H](COCc2ccccc2)[C@H](OC(C)=O)[C@H](OCc2ccccc2)[C@H]1OCc1ccccc1. The lowest BCUT2D eigenvalue weighted by Gasteiger charge is -2.45. The van der Waals surface area contributed by atoms with Crippen LogP contribution < -0.4 is 0 Å². The van der Waals surface area contributed by atoms with Crippen LogP contribution in [0.1, 0.15) is 30.5 Å². The van der Waals surface area contributed by atoms with Crippen LogP contribution in [0.5, 0.6) is 0 Å². The van der Waals surface area contributed by atoms with Gasteiger partial charge in [-0.05, 0) is 23.6 Å². The summed E-state index contributed by atoms with van der Waals surface area (Å²) >= 11 is 0. The molecule has 3 aromatic carbocycles. The van der Waals surface area contributed by atoms with Gasteiger partial charge in [0.2, 0.25) is 0 Å². The number of hydrogen-bond donors (Lipinski definition) is 0. The molecule has 1 saturated heterocycles. The minimum absolute atomic E-state index is 0.159. The number of benzene rings is 3. The van der Waals surface area contributed by atoms with Gasteiger partial charge in [-0.1, -0.05) is 97.1 Å². The summed E-state index contributed by atoms with van der Waals surface area (Å²) in [6.07, 6.45) is -2.32. The minimum atomic E-state index is -0.824. The zero-order valence-corrected chi connectivity index (χ0v) is 23.1. The van der Waals surface area contributed by atoms with E-state index in [-0.39, 0.29) is 19.3 Å². The first-order valence-electron chi connectivity index (χ1n) is 13.6. The fourth-order valence-electron chi connectivity index (χ4n) is 4.49. The van der Waals surface area contributed by atoms with E-state index in [1.165, 1.54) is 6.92 Å². The second kappa shape index (κ2) is 15.5. The first kappa shape index (κ1) is 29.6. The van der Waals surface area contributed by atoms with Gasteiger partial charge >= 0.3 is 5.97 Å². The quantitative estimate of drug-likeness (QED) is 0.192. The fourth-order valence-corrected chi connectivity index (χ4v) is 4.49. The van der Waals surface area contributed by atoms with Gasteiger partial charge in [0.15, 0.2) is 12.4 Å². The Hall–Kier alpha value is -3.33. The first-order chi connectivity index (χ1) is 19.5. The van der Waals surface area contributed by atoms with E-state index >= 15 is 0 Å². The lowest BCUT2D eigenvalue weighted by Crippen LogP contribution is -2.62. The largest absolute Gasteiger partial charge is 0.457 e. The van der Waals surface area contributed by atoms with E-state index < -0.39 is 36.7 Å². The summed E-state index contributed by atoms with van der Waals surface area (Å²) in [5.41, 5.74) is 2.99. The Balaban J connectivity index is 1.60. The highest BCUT2D eigenvalue weighted by Crippen LogP contribution is 2.31. The van der Waals surface area contributed by atoms with Crippen molar-refractivity contribution >= 4 is 5.97 Å². The van der Waals surface area contributed by atoms with Gasteiger partial charge < -0.3 is 28.4 Å². The van der Waals surface area contributed by atoms with Crippen LogP contribution in [-0.4, -0.2) is 49.4 Å². The lowest BCUT2D eigenvalue weighted by molar-refractivity contribution is -0.327. The third-order valence-corrected chi connectivity index (χ3v) is 6.54. The molecule has 6 atom stereocenters. The molecule has 7 nitrogen and oxygen atoms in total. The van der Waals surface area contributed by atoms with E-state index in [2.05, 4.69) is 6.58 Å². The number of carbonyl (C=O) groups excluding carboxylic acids is 1. The summed E-state index contributed by atoms with van der Waals surface area (Å²) in [6, 6.07) is 29.5. The van der Waals surface area contributed by atoms with Crippen LogP contribution in [0.3, 0.4) is 0 Å². The van der Waals surface area contributed by atoms with Gasteiger partial charge in [-0.15, -0.1) is 6.58 Å². The summed E-state index contributed by atoms with van der Waals surface area (Å²) in [5, 5.41) is 0. The Morgan fingerprint density at radius 3 is 1.80 bits per heavy atom. The highest BCUT2D eigenvalue weighted by molar-refractivity contribution is 5.66. The molecular weight excluding hydrogens is 508 g/mol.